The minimum Gasteiger partial charge on any atom is -0.343 e. The number of carbonyl (C=O) groups excluding carboxylic acids is 2. The monoisotopic (exact) mass is 398 g/mol. The van der Waals surface area contributed by atoms with Crippen molar-refractivity contribution in [3.05, 3.63) is 41.7 Å². The van der Waals surface area contributed by atoms with Gasteiger partial charge >= 0.3 is 0 Å². The first kappa shape index (κ1) is 21.0. The molecule has 1 fully saturated rings. The lowest BCUT2D eigenvalue weighted by Crippen LogP contribution is -2.56. The topological polar surface area (TPSA) is 84.2 Å². The van der Waals surface area contributed by atoms with Gasteiger partial charge in [-0.25, -0.2) is 4.68 Å². The van der Waals surface area contributed by atoms with Gasteiger partial charge in [-0.05, 0) is 47.7 Å². The molecule has 0 bridgehead atoms. The highest BCUT2D eigenvalue weighted by Crippen LogP contribution is 2.43. The van der Waals surface area contributed by atoms with Crippen LogP contribution in [0.4, 0.5) is 0 Å². The fraction of sp³-hybridized carbons (Fsp3) is 0.571. The van der Waals surface area contributed by atoms with E-state index >= 15 is 0 Å². The zero-order chi connectivity index (χ0) is 21.0. The Hall–Kier alpha value is -2.77. The molecule has 1 saturated heterocycles. The van der Waals surface area contributed by atoms with Gasteiger partial charge in [-0.3, -0.25) is 9.59 Å². The van der Waals surface area contributed by atoms with Gasteiger partial charge in [-0.2, -0.15) is 0 Å². The Morgan fingerprint density at radius 2 is 1.83 bits per heavy atom. The average molecular weight is 399 g/mol. The first-order valence-corrected chi connectivity index (χ1v) is 10.4. The molecule has 0 unspecified atom stereocenters. The number of amides is 2. The predicted octanol–water partition coefficient (Wildman–Crippen LogP) is 2.57. The largest absolute Gasteiger partial charge is 0.343 e. The first-order valence-electron chi connectivity index (χ1n) is 10.4. The summed E-state index contributed by atoms with van der Waals surface area (Å²) >= 11 is 0. The van der Waals surface area contributed by atoms with Crippen molar-refractivity contribution in [2.45, 2.75) is 58.5 Å². The van der Waals surface area contributed by atoms with Crippen LogP contribution in [0.5, 0.6) is 0 Å². The van der Waals surface area contributed by atoms with Crippen molar-refractivity contribution in [3.8, 4) is 0 Å². The maximum absolute atomic E-state index is 12.9. The van der Waals surface area contributed by atoms with Crippen molar-refractivity contribution < 1.29 is 9.59 Å². The zero-order valence-electron chi connectivity index (χ0n) is 17.7. The molecule has 0 spiro atoms. The Labute approximate surface area is 171 Å². The molecule has 0 aliphatic carbocycles. The van der Waals surface area contributed by atoms with Crippen LogP contribution in [0.2, 0.25) is 0 Å². The zero-order valence-corrected chi connectivity index (χ0v) is 17.7. The summed E-state index contributed by atoms with van der Waals surface area (Å²) in [5.41, 5.74) is 2.32. The minimum absolute atomic E-state index is 0.00877. The summed E-state index contributed by atoms with van der Waals surface area (Å²) in [6.45, 7) is 10.2. The molecular weight excluding hydrogens is 368 g/mol. The predicted molar refractivity (Wildman–Crippen MR) is 109 cm³/mol. The van der Waals surface area contributed by atoms with Crippen LogP contribution < -0.4 is 0 Å². The minimum atomic E-state index is -0.437. The lowest BCUT2D eigenvalue weighted by molar-refractivity contribution is -0.156. The summed E-state index contributed by atoms with van der Waals surface area (Å²) in [6.07, 6.45) is 2.57. The Balaban J connectivity index is 1.73. The molecule has 2 heterocycles. The molecule has 0 radical (unpaired) electrons. The van der Waals surface area contributed by atoms with Crippen LogP contribution in [0.25, 0.3) is 0 Å². The van der Waals surface area contributed by atoms with E-state index in [0.717, 1.165) is 5.56 Å². The summed E-state index contributed by atoms with van der Waals surface area (Å²) in [7, 11) is 0. The van der Waals surface area contributed by atoms with E-state index in [-0.39, 0.29) is 17.9 Å². The number of aromatic nitrogens is 4. The van der Waals surface area contributed by atoms with Gasteiger partial charge < -0.3 is 9.80 Å². The second-order valence-corrected chi connectivity index (χ2v) is 7.70. The molecule has 2 atom stereocenters. The van der Waals surface area contributed by atoms with Crippen LogP contribution in [0.3, 0.4) is 0 Å². The summed E-state index contributed by atoms with van der Waals surface area (Å²) in [6, 6.07) is 7.82. The maximum Gasteiger partial charge on any atom is 0.250 e. The maximum atomic E-state index is 12.9. The van der Waals surface area contributed by atoms with Gasteiger partial charge in [-0.1, -0.05) is 38.1 Å². The van der Waals surface area contributed by atoms with Gasteiger partial charge in [-0.15, -0.1) is 5.10 Å². The smallest absolute Gasteiger partial charge is 0.250 e. The fourth-order valence-electron chi connectivity index (χ4n) is 3.91. The molecule has 0 saturated carbocycles. The lowest BCUT2D eigenvalue weighted by atomic mass is 9.87. The number of rotatable bonds is 9. The number of benzene rings is 1. The first-order chi connectivity index (χ1) is 14.0. The van der Waals surface area contributed by atoms with Gasteiger partial charge in [0.2, 0.25) is 5.91 Å². The molecule has 1 aromatic heterocycles. The third-order valence-electron chi connectivity index (χ3n) is 5.67. The number of hydrogen-bond acceptors (Lipinski definition) is 5. The van der Waals surface area contributed by atoms with E-state index in [0.29, 0.717) is 38.4 Å². The Morgan fingerprint density at radius 1 is 1.14 bits per heavy atom. The molecular formula is C21H30N6O2. The van der Waals surface area contributed by atoms with E-state index < -0.39 is 6.04 Å². The molecule has 1 aromatic carbocycles. The number of nitrogens with zero attached hydrogens (tertiary/aromatic N) is 6. The second-order valence-electron chi connectivity index (χ2n) is 7.70. The molecule has 1 aliphatic heterocycles. The van der Waals surface area contributed by atoms with Crippen molar-refractivity contribution >= 4 is 11.8 Å². The van der Waals surface area contributed by atoms with Crippen LogP contribution in [0, 0.1) is 0 Å². The van der Waals surface area contributed by atoms with E-state index in [1.54, 1.807) is 0 Å². The third-order valence-corrected chi connectivity index (χ3v) is 5.67. The van der Waals surface area contributed by atoms with Crippen molar-refractivity contribution in [1.29, 1.82) is 0 Å². The summed E-state index contributed by atoms with van der Waals surface area (Å²) < 4.78 is 1.53. The van der Waals surface area contributed by atoms with Crippen molar-refractivity contribution in [1.82, 2.24) is 30.0 Å². The van der Waals surface area contributed by atoms with E-state index in [9.17, 15) is 9.59 Å². The van der Waals surface area contributed by atoms with Crippen LogP contribution in [0.1, 0.15) is 69.7 Å². The quantitative estimate of drug-likeness (QED) is 0.606. The molecule has 8 heteroatoms. The van der Waals surface area contributed by atoms with Crippen molar-refractivity contribution in [2.75, 3.05) is 19.6 Å². The summed E-state index contributed by atoms with van der Waals surface area (Å²) in [5, 5.41) is 11.3. The molecule has 156 valence electrons. The summed E-state index contributed by atoms with van der Waals surface area (Å²) in [5.74, 6) is 0.577. The SMILES string of the molecule is CCN(CC)C(=O)CCCN1C(=O)[C@H](n2cnnn2)[C@@H]1c1ccc(C(C)C)cc1. The van der Waals surface area contributed by atoms with Crippen LogP contribution in [-0.4, -0.2) is 61.5 Å². The summed E-state index contributed by atoms with van der Waals surface area (Å²) in [4.78, 5) is 28.8. The Kier molecular flexibility index (Phi) is 6.61. The van der Waals surface area contributed by atoms with Crippen molar-refractivity contribution in [2.24, 2.45) is 0 Å². The van der Waals surface area contributed by atoms with Gasteiger partial charge in [0, 0.05) is 26.1 Å². The van der Waals surface area contributed by atoms with Gasteiger partial charge in [0.15, 0.2) is 6.04 Å². The van der Waals surface area contributed by atoms with Crippen LogP contribution in [-0.2, 0) is 9.59 Å². The molecule has 29 heavy (non-hydrogen) atoms. The van der Waals surface area contributed by atoms with Crippen LogP contribution >= 0.6 is 0 Å². The van der Waals surface area contributed by atoms with Crippen molar-refractivity contribution in [3.63, 3.8) is 0 Å². The molecule has 8 nitrogen and oxygen atoms in total. The number of hydrogen-bond donors (Lipinski definition) is 0. The van der Waals surface area contributed by atoms with E-state index in [2.05, 4.69) is 53.6 Å². The molecule has 1 aliphatic rings. The number of carbonyl (C=O) groups is 2. The average Bonchev–Trinajstić information content (AvgIpc) is 3.24. The van der Waals surface area contributed by atoms with Gasteiger partial charge in [0.05, 0.1) is 6.04 Å². The second kappa shape index (κ2) is 9.15. The lowest BCUT2D eigenvalue weighted by Gasteiger charge is -2.47. The van der Waals surface area contributed by atoms with E-state index in [4.69, 9.17) is 0 Å². The number of β-lactam (4-membered cyclic amide) rings is 1. The molecule has 2 amide bonds. The third kappa shape index (κ3) is 4.31. The Morgan fingerprint density at radius 3 is 2.38 bits per heavy atom. The molecule has 3 rings (SSSR count). The number of tetrazole rings is 1. The standard InChI is InChI=1S/C21H30N6O2/c1-5-25(6-2)18(28)8-7-13-26-19(17-11-9-16(10-12-17)15(3)4)20(21(26)29)27-14-22-23-24-27/h9-12,14-15,19-20H,5-8,13H2,1-4H3/t19-,20+/m0/s1. The normalized spacial score (nSPS) is 18.8. The molecule has 2 aromatic rings. The van der Waals surface area contributed by atoms with Gasteiger partial charge in [0.25, 0.3) is 5.91 Å². The fourth-order valence-corrected chi connectivity index (χ4v) is 3.91. The molecule has 0 N–H and O–H groups in total. The highest BCUT2D eigenvalue weighted by molar-refractivity contribution is 5.88. The highest BCUT2D eigenvalue weighted by atomic mass is 16.2. The van der Waals surface area contributed by atoms with Crippen LogP contribution in [0.15, 0.2) is 30.6 Å². The Bertz CT molecular complexity index is 814. The highest BCUT2D eigenvalue weighted by Gasteiger charge is 2.49. The van der Waals surface area contributed by atoms with Gasteiger partial charge in [0.1, 0.15) is 6.33 Å². The van der Waals surface area contributed by atoms with E-state index in [1.807, 2.05) is 23.6 Å². The number of likely N-dealkylation sites (tertiary alicyclic amines) is 1. The van der Waals surface area contributed by atoms with E-state index in [1.165, 1.54) is 16.6 Å².